The molecule has 25 heavy (non-hydrogen) atoms. The molecule has 3 N–H and O–H groups in total. The number of benzene rings is 2. The van der Waals surface area contributed by atoms with E-state index in [0.717, 1.165) is 36.5 Å². The minimum absolute atomic E-state index is 0.0317. The van der Waals surface area contributed by atoms with Crippen LogP contribution in [0.15, 0.2) is 48.5 Å². The zero-order valence-electron chi connectivity index (χ0n) is 14.7. The predicted octanol–water partition coefficient (Wildman–Crippen LogP) is 3.31. The first-order valence-corrected chi connectivity index (χ1v) is 8.70. The van der Waals surface area contributed by atoms with E-state index in [9.17, 15) is 4.79 Å². The molecule has 3 rings (SSSR count). The molecule has 1 aliphatic rings. The van der Waals surface area contributed by atoms with E-state index in [2.05, 4.69) is 22.9 Å². The Balaban J connectivity index is 1.72. The fourth-order valence-electron chi connectivity index (χ4n) is 3.15. The van der Waals surface area contributed by atoms with Crippen molar-refractivity contribution in [1.82, 2.24) is 10.6 Å². The molecule has 5 heteroatoms. The zero-order valence-corrected chi connectivity index (χ0v) is 14.7. The van der Waals surface area contributed by atoms with E-state index in [-0.39, 0.29) is 11.9 Å². The highest BCUT2D eigenvalue weighted by Gasteiger charge is 2.21. The van der Waals surface area contributed by atoms with Crippen molar-refractivity contribution in [3.63, 3.8) is 0 Å². The molecule has 1 fully saturated rings. The van der Waals surface area contributed by atoms with Gasteiger partial charge in [0.15, 0.2) is 0 Å². The predicted molar refractivity (Wildman–Crippen MR) is 101 cm³/mol. The number of piperidine rings is 1. The molecule has 0 spiro atoms. The van der Waals surface area contributed by atoms with Crippen LogP contribution >= 0.6 is 0 Å². The van der Waals surface area contributed by atoms with Crippen LogP contribution in [0.4, 0.5) is 11.4 Å². The Morgan fingerprint density at radius 1 is 1.16 bits per heavy atom. The standard InChI is InChI=1S/C20H25N3O2/c1-14-13-16(11-12-21-14)23-20(24)18-5-3-4-6-19(18)22-15-7-9-17(25-2)10-8-15/h3-10,14,16,21-22H,11-13H2,1-2H3,(H,23,24). The van der Waals surface area contributed by atoms with Gasteiger partial charge in [0.2, 0.25) is 0 Å². The van der Waals surface area contributed by atoms with Gasteiger partial charge >= 0.3 is 0 Å². The molecule has 0 radical (unpaired) electrons. The first-order chi connectivity index (χ1) is 12.2. The van der Waals surface area contributed by atoms with Crippen LogP contribution in [0.1, 0.15) is 30.1 Å². The molecule has 1 saturated heterocycles. The molecular weight excluding hydrogens is 314 g/mol. The smallest absolute Gasteiger partial charge is 0.253 e. The summed E-state index contributed by atoms with van der Waals surface area (Å²) in [6.45, 7) is 3.09. The zero-order chi connectivity index (χ0) is 17.6. The van der Waals surface area contributed by atoms with Gasteiger partial charge in [0.1, 0.15) is 5.75 Å². The normalized spacial score (nSPS) is 19.9. The number of amides is 1. The van der Waals surface area contributed by atoms with E-state index >= 15 is 0 Å². The lowest BCUT2D eigenvalue weighted by atomic mass is 10.00. The van der Waals surface area contributed by atoms with E-state index in [1.807, 2.05) is 48.5 Å². The molecule has 2 unspecified atom stereocenters. The fraction of sp³-hybridized carbons (Fsp3) is 0.350. The van der Waals surface area contributed by atoms with Gasteiger partial charge in [0.05, 0.1) is 18.4 Å². The summed E-state index contributed by atoms with van der Waals surface area (Å²) in [5.41, 5.74) is 2.37. The maximum Gasteiger partial charge on any atom is 0.253 e. The quantitative estimate of drug-likeness (QED) is 0.782. The average molecular weight is 339 g/mol. The molecule has 0 bridgehead atoms. The van der Waals surface area contributed by atoms with Crippen molar-refractivity contribution < 1.29 is 9.53 Å². The lowest BCUT2D eigenvalue weighted by Gasteiger charge is -2.29. The molecule has 5 nitrogen and oxygen atoms in total. The van der Waals surface area contributed by atoms with Crippen LogP contribution in [0, 0.1) is 0 Å². The number of rotatable bonds is 5. The molecule has 0 aromatic heterocycles. The molecule has 2 atom stereocenters. The lowest BCUT2D eigenvalue weighted by molar-refractivity contribution is 0.0926. The minimum atomic E-state index is -0.0317. The summed E-state index contributed by atoms with van der Waals surface area (Å²) in [6.07, 6.45) is 1.92. The first-order valence-electron chi connectivity index (χ1n) is 8.70. The molecule has 2 aromatic carbocycles. The lowest BCUT2D eigenvalue weighted by Crippen LogP contribution is -2.46. The van der Waals surface area contributed by atoms with Crippen LogP contribution in [0.25, 0.3) is 0 Å². The molecule has 1 aliphatic heterocycles. The second kappa shape index (κ2) is 8.03. The summed E-state index contributed by atoms with van der Waals surface area (Å²) in [5, 5.41) is 9.90. The average Bonchev–Trinajstić information content (AvgIpc) is 2.63. The Bertz CT molecular complexity index is 715. The summed E-state index contributed by atoms with van der Waals surface area (Å²) in [6, 6.07) is 15.9. The monoisotopic (exact) mass is 339 g/mol. The van der Waals surface area contributed by atoms with Gasteiger partial charge in [0, 0.05) is 17.8 Å². The van der Waals surface area contributed by atoms with Crippen LogP contribution in [0.3, 0.4) is 0 Å². The van der Waals surface area contributed by atoms with Crippen LogP contribution in [-0.4, -0.2) is 31.6 Å². The van der Waals surface area contributed by atoms with Crippen molar-refractivity contribution in [3.05, 3.63) is 54.1 Å². The number of hydrogen-bond donors (Lipinski definition) is 3. The number of hydrogen-bond acceptors (Lipinski definition) is 4. The van der Waals surface area contributed by atoms with Crippen LogP contribution in [0.2, 0.25) is 0 Å². The van der Waals surface area contributed by atoms with E-state index in [1.165, 1.54) is 0 Å². The Labute approximate surface area is 148 Å². The van der Waals surface area contributed by atoms with Gasteiger partial charge in [-0.25, -0.2) is 0 Å². The second-order valence-corrected chi connectivity index (χ2v) is 6.45. The topological polar surface area (TPSA) is 62.4 Å². The summed E-state index contributed by atoms with van der Waals surface area (Å²) in [5.74, 6) is 0.771. The van der Waals surface area contributed by atoms with Crippen molar-refractivity contribution in [3.8, 4) is 5.75 Å². The number of ether oxygens (including phenoxy) is 1. The van der Waals surface area contributed by atoms with Gasteiger partial charge in [0.25, 0.3) is 5.91 Å². The largest absolute Gasteiger partial charge is 0.497 e. The van der Waals surface area contributed by atoms with Gasteiger partial charge in [-0.15, -0.1) is 0 Å². The maximum atomic E-state index is 12.7. The van der Waals surface area contributed by atoms with Crippen molar-refractivity contribution in [2.24, 2.45) is 0 Å². The van der Waals surface area contributed by atoms with Crippen molar-refractivity contribution >= 4 is 17.3 Å². The molecule has 1 heterocycles. The van der Waals surface area contributed by atoms with E-state index < -0.39 is 0 Å². The Morgan fingerprint density at radius 3 is 2.64 bits per heavy atom. The van der Waals surface area contributed by atoms with Gasteiger partial charge in [-0.2, -0.15) is 0 Å². The van der Waals surface area contributed by atoms with Crippen LogP contribution < -0.4 is 20.7 Å². The number of methoxy groups -OCH3 is 1. The summed E-state index contributed by atoms with van der Waals surface area (Å²) in [7, 11) is 1.64. The van der Waals surface area contributed by atoms with Gasteiger partial charge in [-0.1, -0.05) is 12.1 Å². The summed E-state index contributed by atoms with van der Waals surface area (Å²) < 4.78 is 5.18. The van der Waals surface area contributed by atoms with Gasteiger partial charge < -0.3 is 20.7 Å². The molecule has 0 saturated carbocycles. The Hall–Kier alpha value is -2.53. The maximum absolute atomic E-state index is 12.7. The second-order valence-electron chi connectivity index (χ2n) is 6.45. The molecule has 1 amide bonds. The number of para-hydroxylation sites is 1. The number of carbonyl (C=O) groups excluding carboxylic acids is 1. The number of anilines is 2. The van der Waals surface area contributed by atoms with Crippen molar-refractivity contribution in [2.75, 3.05) is 19.0 Å². The molecular formula is C20H25N3O2. The summed E-state index contributed by atoms with van der Waals surface area (Å²) in [4.78, 5) is 12.7. The van der Waals surface area contributed by atoms with Gasteiger partial charge in [-0.3, -0.25) is 4.79 Å². The SMILES string of the molecule is COc1ccc(Nc2ccccc2C(=O)NC2CCNC(C)C2)cc1. The highest BCUT2D eigenvalue weighted by molar-refractivity contribution is 6.00. The van der Waals surface area contributed by atoms with Gasteiger partial charge in [-0.05, 0) is 62.7 Å². The highest BCUT2D eigenvalue weighted by Crippen LogP contribution is 2.23. The van der Waals surface area contributed by atoms with Crippen LogP contribution in [-0.2, 0) is 0 Å². The summed E-state index contributed by atoms with van der Waals surface area (Å²) >= 11 is 0. The third-order valence-electron chi connectivity index (χ3n) is 4.50. The van der Waals surface area contributed by atoms with E-state index in [0.29, 0.717) is 11.6 Å². The first kappa shape index (κ1) is 17.3. The molecule has 0 aliphatic carbocycles. The third kappa shape index (κ3) is 4.51. The van der Waals surface area contributed by atoms with E-state index in [1.54, 1.807) is 7.11 Å². The molecule has 2 aromatic rings. The van der Waals surface area contributed by atoms with E-state index in [4.69, 9.17) is 4.74 Å². The Morgan fingerprint density at radius 2 is 1.92 bits per heavy atom. The van der Waals surface area contributed by atoms with Crippen molar-refractivity contribution in [1.29, 1.82) is 0 Å². The Kier molecular flexibility index (Phi) is 5.56. The number of nitrogens with one attached hydrogen (secondary N) is 3. The van der Waals surface area contributed by atoms with Crippen LogP contribution in [0.5, 0.6) is 5.75 Å². The number of carbonyl (C=O) groups is 1. The third-order valence-corrected chi connectivity index (χ3v) is 4.50. The highest BCUT2D eigenvalue weighted by atomic mass is 16.5. The molecule has 132 valence electrons. The van der Waals surface area contributed by atoms with Crippen molar-refractivity contribution in [2.45, 2.75) is 31.8 Å². The minimum Gasteiger partial charge on any atom is -0.497 e. The fourth-order valence-corrected chi connectivity index (χ4v) is 3.15.